The number of hydrogen-bond donors (Lipinski definition) is 2. The lowest BCUT2D eigenvalue weighted by atomic mass is 10.1. The largest absolute Gasteiger partial charge is 0.443 e. The molecule has 2 amide bonds. The summed E-state index contributed by atoms with van der Waals surface area (Å²) in [7, 11) is 0. The van der Waals surface area contributed by atoms with Crippen LogP contribution in [0.2, 0.25) is 0 Å². The molecule has 3 rings (SSSR count). The Morgan fingerprint density at radius 3 is 2.60 bits per heavy atom. The van der Waals surface area contributed by atoms with E-state index in [4.69, 9.17) is 10.5 Å². The van der Waals surface area contributed by atoms with Gasteiger partial charge in [-0.25, -0.2) is 9.69 Å². The molecule has 2 aliphatic rings. The third-order valence-electron chi connectivity index (χ3n) is 4.60. The van der Waals surface area contributed by atoms with Gasteiger partial charge in [0.05, 0.1) is 11.7 Å². The van der Waals surface area contributed by atoms with Crippen LogP contribution in [0.5, 0.6) is 0 Å². The fourth-order valence-electron chi connectivity index (χ4n) is 3.43. The zero-order valence-corrected chi connectivity index (χ0v) is 15.2. The number of nitrogens with zero attached hydrogens (tertiary/aromatic N) is 1. The third-order valence-corrected chi connectivity index (χ3v) is 4.60. The van der Waals surface area contributed by atoms with Crippen LogP contribution < -0.4 is 16.0 Å². The van der Waals surface area contributed by atoms with Gasteiger partial charge in [-0.1, -0.05) is 6.07 Å². The minimum atomic E-state index is -0.675. The van der Waals surface area contributed by atoms with Crippen LogP contribution in [0.4, 0.5) is 10.5 Å². The van der Waals surface area contributed by atoms with Crippen molar-refractivity contribution in [1.29, 1.82) is 0 Å². The first-order valence-electron chi connectivity index (χ1n) is 8.92. The average molecular weight is 345 g/mol. The number of carbonyl (C=O) groups excluding carboxylic acids is 2. The number of nitrogens with one attached hydrogen (secondary N) is 1. The Morgan fingerprint density at radius 2 is 1.96 bits per heavy atom. The highest BCUT2D eigenvalue weighted by Gasteiger charge is 2.36. The van der Waals surface area contributed by atoms with E-state index >= 15 is 0 Å². The van der Waals surface area contributed by atoms with Gasteiger partial charge in [0, 0.05) is 12.6 Å². The van der Waals surface area contributed by atoms with Crippen LogP contribution in [-0.4, -0.2) is 36.2 Å². The van der Waals surface area contributed by atoms with Gasteiger partial charge >= 0.3 is 6.09 Å². The van der Waals surface area contributed by atoms with Crippen molar-refractivity contribution in [1.82, 2.24) is 5.32 Å². The number of amides is 2. The summed E-state index contributed by atoms with van der Waals surface area (Å²) in [5, 5.41) is 3.10. The van der Waals surface area contributed by atoms with E-state index in [1.807, 2.05) is 18.2 Å². The Bertz CT molecular complexity index is 681. The van der Waals surface area contributed by atoms with E-state index in [1.165, 1.54) is 16.0 Å². The van der Waals surface area contributed by atoms with Gasteiger partial charge < -0.3 is 15.8 Å². The molecular formula is C19H27N3O3. The molecule has 0 unspecified atom stereocenters. The summed E-state index contributed by atoms with van der Waals surface area (Å²) in [5.41, 5.74) is 8.30. The summed E-state index contributed by atoms with van der Waals surface area (Å²) >= 11 is 0. The fraction of sp³-hybridized carbons (Fsp3) is 0.579. The molecule has 136 valence electrons. The van der Waals surface area contributed by atoms with E-state index in [1.54, 1.807) is 20.8 Å². The fourth-order valence-corrected chi connectivity index (χ4v) is 3.43. The van der Waals surface area contributed by atoms with E-state index in [0.29, 0.717) is 18.7 Å². The lowest BCUT2D eigenvalue weighted by Crippen LogP contribution is -2.48. The maximum Gasteiger partial charge on any atom is 0.421 e. The molecule has 1 heterocycles. The average Bonchev–Trinajstić information content (AvgIpc) is 3.13. The standard InChI is InChI=1S/C19H27N3O3/c1-19(2,3)25-18(24)22(17(23)16-10-14(20)11-21-16)15-8-7-12-5-4-6-13(12)9-15/h7-9,14,16,21H,4-6,10-11,20H2,1-3H3/t14-,16-/m0/s1. The van der Waals surface area contributed by atoms with E-state index in [9.17, 15) is 9.59 Å². The minimum Gasteiger partial charge on any atom is -0.443 e. The first-order valence-corrected chi connectivity index (χ1v) is 8.92. The molecule has 1 aliphatic carbocycles. The first-order chi connectivity index (χ1) is 11.7. The van der Waals surface area contributed by atoms with Crippen molar-refractivity contribution in [2.75, 3.05) is 11.4 Å². The van der Waals surface area contributed by atoms with E-state index in [-0.39, 0.29) is 11.9 Å². The molecule has 6 heteroatoms. The number of hydrogen-bond acceptors (Lipinski definition) is 5. The van der Waals surface area contributed by atoms with Crippen LogP contribution in [0.3, 0.4) is 0 Å². The lowest BCUT2D eigenvalue weighted by Gasteiger charge is -2.28. The first kappa shape index (κ1) is 17.9. The maximum atomic E-state index is 13.0. The summed E-state index contributed by atoms with van der Waals surface area (Å²) in [4.78, 5) is 27.0. The smallest absolute Gasteiger partial charge is 0.421 e. The topological polar surface area (TPSA) is 84.7 Å². The van der Waals surface area contributed by atoms with Crippen molar-refractivity contribution in [3.05, 3.63) is 29.3 Å². The van der Waals surface area contributed by atoms with Crippen molar-refractivity contribution < 1.29 is 14.3 Å². The van der Waals surface area contributed by atoms with Gasteiger partial charge in [0.2, 0.25) is 0 Å². The van der Waals surface area contributed by atoms with Crippen LogP contribution >= 0.6 is 0 Å². The van der Waals surface area contributed by atoms with Gasteiger partial charge in [-0.2, -0.15) is 0 Å². The van der Waals surface area contributed by atoms with Gasteiger partial charge in [-0.15, -0.1) is 0 Å². The van der Waals surface area contributed by atoms with E-state index in [2.05, 4.69) is 5.32 Å². The Morgan fingerprint density at radius 1 is 1.24 bits per heavy atom. The molecular weight excluding hydrogens is 318 g/mol. The number of fused-ring (bicyclic) bond motifs is 1. The summed E-state index contributed by atoms with van der Waals surface area (Å²) in [6, 6.07) is 5.25. The molecule has 1 aromatic carbocycles. The van der Waals surface area contributed by atoms with Crippen molar-refractivity contribution >= 4 is 17.7 Å². The zero-order valence-electron chi connectivity index (χ0n) is 15.2. The Balaban J connectivity index is 1.91. The van der Waals surface area contributed by atoms with Crippen LogP contribution in [0.25, 0.3) is 0 Å². The Labute approximate surface area is 148 Å². The number of benzene rings is 1. The molecule has 2 atom stereocenters. The predicted octanol–water partition coefficient (Wildman–Crippen LogP) is 2.13. The summed E-state index contributed by atoms with van der Waals surface area (Å²) in [6.45, 7) is 5.95. The summed E-state index contributed by atoms with van der Waals surface area (Å²) < 4.78 is 5.49. The van der Waals surface area contributed by atoms with Crippen LogP contribution in [0.1, 0.15) is 44.7 Å². The molecule has 0 aromatic heterocycles. The molecule has 1 saturated heterocycles. The zero-order chi connectivity index (χ0) is 18.2. The predicted molar refractivity (Wildman–Crippen MR) is 96.6 cm³/mol. The number of carbonyl (C=O) groups is 2. The van der Waals surface area contributed by atoms with E-state index < -0.39 is 17.7 Å². The quantitative estimate of drug-likeness (QED) is 0.858. The molecule has 25 heavy (non-hydrogen) atoms. The Kier molecular flexibility index (Phi) is 4.84. The second-order valence-corrected chi connectivity index (χ2v) is 7.92. The molecule has 0 saturated carbocycles. The minimum absolute atomic E-state index is 0.0746. The molecule has 6 nitrogen and oxygen atoms in total. The van der Waals surface area contributed by atoms with Crippen molar-refractivity contribution in [2.24, 2.45) is 5.73 Å². The van der Waals surface area contributed by atoms with Crippen LogP contribution in [-0.2, 0) is 22.4 Å². The van der Waals surface area contributed by atoms with Crippen LogP contribution in [0, 0.1) is 0 Å². The van der Waals surface area contributed by atoms with Crippen molar-refractivity contribution in [2.45, 2.75) is 64.1 Å². The molecule has 1 fully saturated rings. The molecule has 0 spiro atoms. The number of nitrogens with two attached hydrogens (primary N) is 1. The summed E-state index contributed by atoms with van der Waals surface area (Å²) in [5.74, 6) is -0.305. The second-order valence-electron chi connectivity index (χ2n) is 7.92. The molecule has 1 aliphatic heterocycles. The van der Waals surface area contributed by atoms with Crippen molar-refractivity contribution in [3.63, 3.8) is 0 Å². The Hall–Kier alpha value is -1.92. The maximum absolute atomic E-state index is 13.0. The van der Waals surface area contributed by atoms with Gasteiger partial charge in [-0.05, 0) is 69.7 Å². The van der Waals surface area contributed by atoms with Gasteiger partial charge in [0.15, 0.2) is 0 Å². The third kappa shape index (κ3) is 4.02. The summed E-state index contributed by atoms with van der Waals surface area (Å²) in [6.07, 6.45) is 3.01. The van der Waals surface area contributed by atoms with Gasteiger partial charge in [0.1, 0.15) is 5.60 Å². The molecule has 3 N–H and O–H groups in total. The number of aryl methyl sites for hydroxylation is 2. The number of rotatable bonds is 2. The normalized spacial score (nSPS) is 22.6. The SMILES string of the molecule is CC(C)(C)OC(=O)N(C(=O)[C@@H]1C[C@H](N)CN1)c1ccc2c(c1)CCC2. The second kappa shape index (κ2) is 6.77. The lowest BCUT2D eigenvalue weighted by molar-refractivity contribution is -0.120. The highest BCUT2D eigenvalue weighted by atomic mass is 16.6. The number of imide groups is 1. The monoisotopic (exact) mass is 345 g/mol. The van der Waals surface area contributed by atoms with Gasteiger partial charge in [0.25, 0.3) is 5.91 Å². The number of ether oxygens (including phenoxy) is 1. The highest BCUT2D eigenvalue weighted by molar-refractivity contribution is 6.14. The van der Waals surface area contributed by atoms with Gasteiger partial charge in [-0.3, -0.25) is 4.79 Å². The van der Waals surface area contributed by atoms with Crippen molar-refractivity contribution in [3.8, 4) is 0 Å². The number of anilines is 1. The van der Waals surface area contributed by atoms with Crippen LogP contribution in [0.15, 0.2) is 18.2 Å². The molecule has 1 aromatic rings. The van der Waals surface area contributed by atoms with E-state index in [0.717, 1.165) is 19.3 Å². The highest BCUT2D eigenvalue weighted by Crippen LogP contribution is 2.28. The molecule has 0 bridgehead atoms. The molecule has 0 radical (unpaired) electrons.